The van der Waals surface area contributed by atoms with E-state index >= 15 is 0 Å². The molecule has 0 amide bonds. The Balaban J connectivity index is 0.00000484. The predicted octanol–water partition coefficient (Wildman–Crippen LogP) is 3.24. The summed E-state index contributed by atoms with van der Waals surface area (Å²) in [6, 6.07) is 7.68. The molecule has 0 saturated carbocycles. The van der Waals surface area contributed by atoms with Crippen LogP contribution in [0.5, 0.6) is 0 Å². The van der Waals surface area contributed by atoms with Crippen molar-refractivity contribution in [2.24, 2.45) is 4.99 Å². The van der Waals surface area contributed by atoms with Gasteiger partial charge in [-0.05, 0) is 31.0 Å². The molecule has 0 bridgehead atoms. The number of nitrogens with zero attached hydrogens (tertiary/aromatic N) is 1. The largest absolute Gasteiger partial charge is 0.382 e. The van der Waals surface area contributed by atoms with E-state index in [2.05, 4.69) is 15.6 Å². The Bertz CT molecular complexity index is 461. The number of halogens is 2. The number of benzene rings is 1. The van der Waals surface area contributed by atoms with Crippen molar-refractivity contribution < 1.29 is 9.47 Å². The van der Waals surface area contributed by atoms with Crippen LogP contribution in [0.25, 0.3) is 0 Å². The van der Waals surface area contributed by atoms with Gasteiger partial charge in [-0.2, -0.15) is 0 Å². The van der Waals surface area contributed by atoms with Crippen LogP contribution in [0.3, 0.4) is 0 Å². The zero-order valence-corrected chi connectivity index (χ0v) is 17.1. The van der Waals surface area contributed by atoms with Crippen LogP contribution in [0.15, 0.2) is 29.3 Å². The van der Waals surface area contributed by atoms with E-state index in [0.29, 0.717) is 11.6 Å². The van der Waals surface area contributed by atoms with E-state index < -0.39 is 0 Å². The fraction of sp³-hybridized carbons (Fsp3) is 0.562. The first kappa shape index (κ1) is 22.4. The molecular formula is C16H27ClIN3O2. The van der Waals surface area contributed by atoms with Crippen molar-refractivity contribution >= 4 is 41.5 Å². The lowest BCUT2D eigenvalue weighted by Gasteiger charge is -2.19. The monoisotopic (exact) mass is 455 g/mol. The second-order valence-electron chi connectivity index (χ2n) is 4.71. The van der Waals surface area contributed by atoms with E-state index in [1.54, 1.807) is 14.2 Å². The summed E-state index contributed by atoms with van der Waals surface area (Å²) in [4.78, 5) is 4.20. The number of hydrogen-bond acceptors (Lipinski definition) is 3. The van der Waals surface area contributed by atoms with Crippen LogP contribution in [-0.2, 0) is 9.47 Å². The molecule has 0 aliphatic rings. The Kier molecular flexibility index (Phi) is 13.5. The lowest BCUT2D eigenvalue weighted by Crippen LogP contribution is -2.40. The first-order valence-electron chi connectivity index (χ1n) is 7.51. The number of guanidine groups is 1. The molecule has 23 heavy (non-hydrogen) atoms. The summed E-state index contributed by atoms with van der Waals surface area (Å²) >= 11 is 6.02. The third-order valence-electron chi connectivity index (χ3n) is 3.15. The Morgan fingerprint density at radius 1 is 1.35 bits per heavy atom. The van der Waals surface area contributed by atoms with Crippen molar-refractivity contribution in [3.05, 3.63) is 34.9 Å². The number of methoxy groups -OCH3 is 1. The standard InChI is InChI=1S/C16H26ClN3O2.HI/c1-4-22-10-6-9-19-16(18-2)20-12-15(21-3)13-7-5-8-14(17)11-13;/h5,7-8,11,15H,4,6,9-10,12H2,1-3H3,(H2,18,19,20);1H. The van der Waals surface area contributed by atoms with E-state index in [9.17, 15) is 0 Å². The van der Waals surface area contributed by atoms with E-state index in [1.165, 1.54) is 0 Å². The van der Waals surface area contributed by atoms with Gasteiger partial charge >= 0.3 is 0 Å². The van der Waals surface area contributed by atoms with Gasteiger partial charge in [-0.3, -0.25) is 4.99 Å². The average molecular weight is 456 g/mol. The molecule has 2 N–H and O–H groups in total. The summed E-state index contributed by atoms with van der Waals surface area (Å²) in [5, 5.41) is 7.21. The van der Waals surface area contributed by atoms with Gasteiger partial charge in [-0.1, -0.05) is 23.7 Å². The molecule has 132 valence electrons. The van der Waals surface area contributed by atoms with E-state index in [0.717, 1.165) is 37.7 Å². The molecule has 1 unspecified atom stereocenters. The minimum Gasteiger partial charge on any atom is -0.382 e. The summed E-state index contributed by atoms with van der Waals surface area (Å²) < 4.78 is 10.8. The topological polar surface area (TPSA) is 54.9 Å². The SMILES string of the molecule is CCOCCCNC(=NC)NCC(OC)c1cccc(Cl)c1.I. The first-order valence-corrected chi connectivity index (χ1v) is 7.89. The maximum absolute atomic E-state index is 6.02. The summed E-state index contributed by atoms with van der Waals surface area (Å²) in [5.41, 5.74) is 1.04. The van der Waals surface area contributed by atoms with Crippen molar-refractivity contribution in [2.75, 3.05) is 40.5 Å². The third-order valence-corrected chi connectivity index (χ3v) is 3.38. The smallest absolute Gasteiger partial charge is 0.191 e. The summed E-state index contributed by atoms with van der Waals surface area (Å²) in [7, 11) is 3.44. The number of nitrogens with one attached hydrogen (secondary N) is 2. The van der Waals surface area contributed by atoms with Crippen LogP contribution in [0.1, 0.15) is 25.0 Å². The molecule has 0 fully saturated rings. The maximum Gasteiger partial charge on any atom is 0.191 e. The lowest BCUT2D eigenvalue weighted by molar-refractivity contribution is 0.106. The zero-order chi connectivity index (χ0) is 16.2. The molecule has 1 atom stereocenters. The van der Waals surface area contributed by atoms with Crippen molar-refractivity contribution in [1.29, 1.82) is 0 Å². The normalized spacial score (nSPS) is 12.4. The van der Waals surface area contributed by atoms with Crippen LogP contribution in [0.2, 0.25) is 5.02 Å². The van der Waals surface area contributed by atoms with E-state index in [-0.39, 0.29) is 30.1 Å². The molecular weight excluding hydrogens is 429 g/mol. The second kappa shape index (κ2) is 13.8. The molecule has 0 radical (unpaired) electrons. The van der Waals surface area contributed by atoms with Gasteiger partial charge in [0.05, 0.1) is 6.10 Å². The molecule has 0 spiro atoms. The number of ether oxygens (including phenoxy) is 2. The van der Waals surface area contributed by atoms with Crippen LogP contribution in [0.4, 0.5) is 0 Å². The Morgan fingerprint density at radius 2 is 2.13 bits per heavy atom. The van der Waals surface area contributed by atoms with Gasteiger partial charge < -0.3 is 20.1 Å². The highest BCUT2D eigenvalue weighted by atomic mass is 127. The molecule has 0 heterocycles. The van der Waals surface area contributed by atoms with Crippen LogP contribution in [0, 0.1) is 0 Å². The molecule has 1 aromatic carbocycles. The fourth-order valence-electron chi connectivity index (χ4n) is 1.98. The Hall–Kier alpha value is -0.570. The zero-order valence-electron chi connectivity index (χ0n) is 14.0. The van der Waals surface area contributed by atoms with Crippen LogP contribution < -0.4 is 10.6 Å². The highest BCUT2D eigenvalue weighted by Gasteiger charge is 2.11. The number of aliphatic imine (C=N–C) groups is 1. The van der Waals surface area contributed by atoms with Crippen molar-refractivity contribution in [3.8, 4) is 0 Å². The molecule has 7 heteroatoms. The number of rotatable bonds is 9. The fourth-order valence-corrected chi connectivity index (χ4v) is 2.18. The molecule has 0 aliphatic carbocycles. The quantitative estimate of drug-likeness (QED) is 0.260. The van der Waals surface area contributed by atoms with Gasteiger partial charge in [0.15, 0.2) is 5.96 Å². The first-order chi connectivity index (χ1) is 10.7. The predicted molar refractivity (Wildman–Crippen MR) is 107 cm³/mol. The Morgan fingerprint density at radius 3 is 2.74 bits per heavy atom. The molecule has 5 nitrogen and oxygen atoms in total. The summed E-state index contributed by atoms with van der Waals surface area (Å²) in [6.45, 7) is 4.93. The number of hydrogen-bond donors (Lipinski definition) is 2. The van der Waals surface area contributed by atoms with Gasteiger partial charge in [0.2, 0.25) is 0 Å². The van der Waals surface area contributed by atoms with Crippen molar-refractivity contribution in [3.63, 3.8) is 0 Å². The van der Waals surface area contributed by atoms with Crippen molar-refractivity contribution in [2.45, 2.75) is 19.4 Å². The minimum absolute atomic E-state index is 0. The van der Waals surface area contributed by atoms with Crippen LogP contribution in [-0.4, -0.2) is 46.4 Å². The third kappa shape index (κ3) is 9.34. The lowest BCUT2D eigenvalue weighted by atomic mass is 10.1. The average Bonchev–Trinajstić information content (AvgIpc) is 2.53. The van der Waals surface area contributed by atoms with Gasteiger partial charge in [0, 0.05) is 45.5 Å². The highest BCUT2D eigenvalue weighted by molar-refractivity contribution is 14.0. The van der Waals surface area contributed by atoms with E-state index in [4.69, 9.17) is 21.1 Å². The minimum atomic E-state index is -0.0827. The molecule has 1 aromatic rings. The molecule has 0 aromatic heterocycles. The second-order valence-corrected chi connectivity index (χ2v) is 5.15. The molecule has 0 saturated heterocycles. The van der Waals surface area contributed by atoms with Gasteiger partial charge in [0.25, 0.3) is 0 Å². The summed E-state index contributed by atoms with van der Waals surface area (Å²) in [6.07, 6.45) is 0.858. The molecule has 1 rings (SSSR count). The van der Waals surface area contributed by atoms with Crippen LogP contribution >= 0.6 is 35.6 Å². The van der Waals surface area contributed by atoms with E-state index in [1.807, 2.05) is 31.2 Å². The Labute approximate surface area is 161 Å². The summed E-state index contributed by atoms with van der Waals surface area (Å²) in [5.74, 6) is 0.751. The van der Waals surface area contributed by atoms with Crippen molar-refractivity contribution in [1.82, 2.24) is 10.6 Å². The van der Waals surface area contributed by atoms with Gasteiger partial charge in [-0.25, -0.2) is 0 Å². The van der Waals surface area contributed by atoms with Gasteiger partial charge in [0.1, 0.15) is 0 Å². The molecule has 0 aliphatic heterocycles. The highest BCUT2D eigenvalue weighted by Crippen LogP contribution is 2.19. The van der Waals surface area contributed by atoms with Gasteiger partial charge in [-0.15, -0.1) is 24.0 Å². The maximum atomic E-state index is 6.02.